The molecule has 3 rings (SSSR count). The van der Waals surface area contributed by atoms with Gasteiger partial charge in [0.1, 0.15) is 0 Å². The second kappa shape index (κ2) is 13.4. The van der Waals surface area contributed by atoms with E-state index in [-0.39, 0.29) is 5.91 Å². The molecule has 1 saturated carbocycles. The van der Waals surface area contributed by atoms with Gasteiger partial charge in [0.2, 0.25) is 5.75 Å². The lowest BCUT2D eigenvalue weighted by atomic mass is 9.91. The van der Waals surface area contributed by atoms with Crippen LogP contribution in [0, 0.1) is 0 Å². The molecule has 0 atom stereocenters. The van der Waals surface area contributed by atoms with Gasteiger partial charge in [-0.2, -0.15) is 5.10 Å². The number of unbranched alkanes of at least 4 members (excludes halogenated alkanes) is 3. The van der Waals surface area contributed by atoms with Crippen molar-refractivity contribution in [1.82, 2.24) is 5.43 Å². The van der Waals surface area contributed by atoms with Crippen molar-refractivity contribution in [2.75, 3.05) is 20.8 Å². The van der Waals surface area contributed by atoms with E-state index in [0.29, 0.717) is 29.4 Å². The molecule has 1 aliphatic rings. The van der Waals surface area contributed by atoms with Gasteiger partial charge in [0.25, 0.3) is 5.91 Å². The summed E-state index contributed by atoms with van der Waals surface area (Å²) in [5.74, 6) is 1.14. The van der Waals surface area contributed by atoms with Crippen molar-refractivity contribution in [3.8, 4) is 17.2 Å². The maximum atomic E-state index is 12.9. The molecule has 1 aliphatic carbocycles. The molecule has 0 saturated heterocycles. The van der Waals surface area contributed by atoms with Gasteiger partial charge in [0.15, 0.2) is 11.5 Å². The largest absolute Gasteiger partial charge is 0.493 e. The summed E-state index contributed by atoms with van der Waals surface area (Å²) in [4.78, 5) is 12.9. The summed E-state index contributed by atoms with van der Waals surface area (Å²) < 4.78 is 17.0. The molecule has 1 N–H and O–H groups in total. The van der Waals surface area contributed by atoms with Crippen LogP contribution in [0.2, 0.25) is 0 Å². The fourth-order valence-electron chi connectivity index (χ4n) is 3.99. The van der Waals surface area contributed by atoms with Crippen molar-refractivity contribution >= 4 is 17.7 Å². The summed E-state index contributed by atoms with van der Waals surface area (Å²) in [7, 11) is 3.12. The van der Waals surface area contributed by atoms with Crippen LogP contribution in [-0.4, -0.2) is 32.4 Å². The first-order valence-corrected chi connectivity index (χ1v) is 12.2. The van der Waals surface area contributed by atoms with Gasteiger partial charge in [-0.05, 0) is 61.4 Å². The number of allylic oxidation sites excluding steroid dienone is 1. The summed E-state index contributed by atoms with van der Waals surface area (Å²) in [6.07, 6.45) is 10.6. The van der Waals surface area contributed by atoms with Gasteiger partial charge in [-0.3, -0.25) is 4.79 Å². The van der Waals surface area contributed by atoms with Crippen LogP contribution in [0.5, 0.6) is 17.2 Å². The standard InChI is InChI=1S/C28H36N2O4/c1-4-5-6-12-17-34-27-25(32-2)19-23(20-26(27)33-3)28(31)30-29-24-16-11-10-15-22(24)18-21-13-8-7-9-14-21/h7-9,13-14,18-20H,4-6,10-12,15-17H2,1-3H3,(H,30,31). The number of carbonyl (C=O) groups is 1. The molecule has 6 heteroatoms. The Labute approximate surface area is 203 Å². The highest BCUT2D eigenvalue weighted by atomic mass is 16.5. The second-order valence-corrected chi connectivity index (χ2v) is 8.41. The molecule has 2 aromatic carbocycles. The predicted molar refractivity (Wildman–Crippen MR) is 137 cm³/mol. The first-order valence-electron chi connectivity index (χ1n) is 12.2. The Bertz CT molecular complexity index is 974. The van der Waals surface area contributed by atoms with E-state index in [1.807, 2.05) is 18.2 Å². The van der Waals surface area contributed by atoms with Crippen LogP contribution in [0.3, 0.4) is 0 Å². The topological polar surface area (TPSA) is 69.2 Å². The third-order valence-electron chi connectivity index (χ3n) is 5.88. The number of ether oxygens (including phenoxy) is 3. The lowest BCUT2D eigenvalue weighted by Crippen LogP contribution is -2.22. The molecule has 182 valence electrons. The Hall–Kier alpha value is -3.28. The number of rotatable bonds is 11. The van der Waals surface area contributed by atoms with E-state index in [0.717, 1.165) is 49.8 Å². The second-order valence-electron chi connectivity index (χ2n) is 8.41. The number of methoxy groups -OCH3 is 2. The molecule has 6 nitrogen and oxygen atoms in total. The van der Waals surface area contributed by atoms with Crippen molar-refractivity contribution < 1.29 is 19.0 Å². The van der Waals surface area contributed by atoms with E-state index in [4.69, 9.17) is 14.2 Å². The summed E-state index contributed by atoms with van der Waals surface area (Å²) in [5.41, 5.74) is 6.36. The molecule has 0 unspecified atom stereocenters. The molecule has 2 aromatic rings. The SMILES string of the molecule is CCCCCCOc1c(OC)cc(C(=O)NN=C2CCCCC2=Cc2ccccc2)cc1OC. The smallest absolute Gasteiger partial charge is 0.271 e. The first-order chi connectivity index (χ1) is 16.7. The maximum Gasteiger partial charge on any atom is 0.271 e. The Morgan fingerprint density at radius 3 is 2.38 bits per heavy atom. The summed E-state index contributed by atoms with van der Waals surface area (Å²) >= 11 is 0. The number of amides is 1. The Morgan fingerprint density at radius 2 is 1.71 bits per heavy atom. The van der Waals surface area contributed by atoms with Crippen molar-refractivity contribution in [3.05, 3.63) is 59.2 Å². The molecular formula is C28H36N2O4. The minimum absolute atomic E-state index is 0.316. The zero-order chi connectivity index (χ0) is 24.2. The predicted octanol–water partition coefficient (Wildman–Crippen LogP) is 6.41. The Balaban J connectivity index is 1.74. The van der Waals surface area contributed by atoms with Crippen LogP contribution in [0.4, 0.5) is 0 Å². The van der Waals surface area contributed by atoms with Gasteiger partial charge in [-0.1, -0.05) is 56.5 Å². The minimum Gasteiger partial charge on any atom is -0.493 e. The van der Waals surface area contributed by atoms with E-state index in [1.165, 1.54) is 18.4 Å². The Morgan fingerprint density at radius 1 is 1.00 bits per heavy atom. The molecule has 0 heterocycles. The third-order valence-corrected chi connectivity index (χ3v) is 5.88. The van der Waals surface area contributed by atoms with Crippen LogP contribution in [0.1, 0.15) is 74.2 Å². The van der Waals surface area contributed by atoms with Gasteiger partial charge < -0.3 is 14.2 Å². The van der Waals surface area contributed by atoms with Crippen LogP contribution >= 0.6 is 0 Å². The van der Waals surface area contributed by atoms with Gasteiger partial charge in [-0.15, -0.1) is 0 Å². The van der Waals surface area contributed by atoms with Crippen LogP contribution in [-0.2, 0) is 0 Å². The van der Waals surface area contributed by atoms with Gasteiger partial charge >= 0.3 is 0 Å². The molecule has 0 radical (unpaired) electrons. The summed E-state index contributed by atoms with van der Waals surface area (Å²) in [5, 5.41) is 4.48. The highest BCUT2D eigenvalue weighted by Gasteiger charge is 2.19. The van der Waals surface area contributed by atoms with Crippen molar-refractivity contribution in [3.63, 3.8) is 0 Å². The molecule has 34 heavy (non-hydrogen) atoms. The number of carbonyl (C=O) groups excluding carboxylic acids is 1. The maximum absolute atomic E-state index is 12.9. The Kier molecular flexibility index (Phi) is 10.0. The van der Waals surface area contributed by atoms with E-state index in [2.05, 4.69) is 35.7 Å². The minimum atomic E-state index is -0.316. The number of hydrogen-bond acceptors (Lipinski definition) is 5. The number of nitrogens with one attached hydrogen (secondary N) is 1. The van der Waals surface area contributed by atoms with Crippen molar-refractivity contribution in [2.45, 2.75) is 58.3 Å². The zero-order valence-electron chi connectivity index (χ0n) is 20.6. The van der Waals surface area contributed by atoms with E-state index in [1.54, 1.807) is 26.4 Å². The van der Waals surface area contributed by atoms with Crippen molar-refractivity contribution in [1.29, 1.82) is 0 Å². The molecule has 0 aromatic heterocycles. The van der Waals surface area contributed by atoms with Gasteiger partial charge in [0, 0.05) is 5.56 Å². The number of hydrazone groups is 1. The summed E-state index contributed by atoms with van der Waals surface area (Å²) in [6, 6.07) is 13.5. The van der Waals surface area contributed by atoms with E-state index < -0.39 is 0 Å². The highest BCUT2D eigenvalue weighted by molar-refractivity contribution is 6.05. The normalized spacial score (nSPS) is 15.9. The highest BCUT2D eigenvalue weighted by Crippen LogP contribution is 2.38. The monoisotopic (exact) mass is 464 g/mol. The third kappa shape index (κ3) is 7.11. The average Bonchev–Trinajstić information content (AvgIpc) is 2.88. The van der Waals surface area contributed by atoms with Crippen LogP contribution in [0.25, 0.3) is 6.08 Å². The zero-order valence-corrected chi connectivity index (χ0v) is 20.6. The summed E-state index contributed by atoms with van der Waals surface area (Å²) in [6.45, 7) is 2.75. The lowest BCUT2D eigenvalue weighted by Gasteiger charge is -2.18. The van der Waals surface area contributed by atoms with Gasteiger partial charge in [0.05, 0.1) is 26.5 Å². The molecule has 1 fully saturated rings. The fraction of sp³-hybridized carbons (Fsp3) is 0.429. The number of hydrogen-bond donors (Lipinski definition) is 1. The van der Waals surface area contributed by atoms with Crippen LogP contribution < -0.4 is 19.6 Å². The van der Waals surface area contributed by atoms with Gasteiger partial charge in [-0.25, -0.2) is 5.43 Å². The fourth-order valence-corrected chi connectivity index (χ4v) is 3.99. The molecular weight excluding hydrogens is 428 g/mol. The van der Waals surface area contributed by atoms with E-state index in [9.17, 15) is 4.79 Å². The van der Waals surface area contributed by atoms with Crippen LogP contribution in [0.15, 0.2) is 53.1 Å². The average molecular weight is 465 g/mol. The molecule has 0 bridgehead atoms. The first kappa shape index (κ1) is 25.3. The number of nitrogens with zero attached hydrogens (tertiary/aromatic N) is 1. The molecule has 0 spiro atoms. The lowest BCUT2D eigenvalue weighted by molar-refractivity contribution is 0.0954. The molecule has 1 amide bonds. The number of benzene rings is 2. The van der Waals surface area contributed by atoms with Crippen molar-refractivity contribution in [2.24, 2.45) is 5.10 Å². The van der Waals surface area contributed by atoms with E-state index >= 15 is 0 Å². The quantitative estimate of drug-likeness (QED) is 0.308. The molecule has 0 aliphatic heterocycles.